The third-order valence-corrected chi connectivity index (χ3v) is 3.70. The van der Waals surface area contributed by atoms with Gasteiger partial charge in [0.15, 0.2) is 0 Å². The lowest BCUT2D eigenvalue weighted by atomic mass is 10.0. The number of hydrogen-bond acceptors (Lipinski definition) is 5. The van der Waals surface area contributed by atoms with Gasteiger partial charge in [0.2, 0.25) is 0 Å². The molecule has 136 valence electrons. The Bertz CT molecular complexity index is 464. The van der Waals surface area contributed by atoms with Crippen molar-refractivity contribution in [2.24, 2.45) is 0 Å². The van der Waals surface area contributed by atoms with Crippen LogP contribution in [-0.2, 0) is 14.3 Å². The van der Waals surface area contributed by atoms with Gasteiger partial charge in [-0.25, -0.2) is 9.59 Å². The maximum absolute atomic E-state index is 12.3. The summed E-state index contributed by atoms with van der Waals surface area (Å²) in [6.07, 6.45) is 7.43. The van der Waals surface area contributed by atoms with Gasteiger partial charge in [0.05, 0.1) is 19.3 Å². The summed E-state index contributed by atoms with van der Waals surface area (Å²) in [7, 11) is 0. The van der Waals surface area contributed by atoms with E-state index < -0.39 is 24.1 Å². The standard InChI is InChI=1S/C17H28N2O5/c1-4-7-8-9-10-11-14-12-13-15(20)19(17(22)24-6-3)18(14)16(21)23-5-2/h12-14H,4-11H2,1-3H3/t14-/m0/s1. The van der Waals surface area contributed by atoms with Gasteiger partial charge in [0.25, 0.3) is 5.91 Å². The number of carbonyl (C=O) groups excluding carboxylic acids is 3. The smallest absolute Gasteiger partial charge is 0.436 e. The molecule has 0 saturated heterocycles. The Balaban J connectivity index is 2.86. The monoisotopic (exact) mass is 340 g/mol. The van der Waals surface area contributed by atoms with E-state index in [1.807, 2.05) is 0 Å². The van der Waals surface area contributed by atoms with E-state index in [-0.39, 0.29) is 13.2 Å². The van der Waals surface area contributed by atoms with Gasteiger partial charge in [-0.3, -0.25) is 4.79 Å². The fraction of sp³-hybridized carbons (Fsp3) is 0.706. The molecular weight excluding hydrogens is 312 g/mol. The van der Waals surface area contributed by atoms with Gasteiger partial charge < -0.3 is 9.47 Å². The Morgan fingerprint density at radius 1 is 1.00 bits per heavy atom. The lowest BCUT2D eigenvalue weighted by molar-refractivity contribution is -0.140. The minimum absolute atomic E-state index is 0.116. The SMILES string of the molecule is CCCCCCC[C@H]1C=CC(=O)N(C(=O)OCC)N1C(=O)OCC. The molecule has 0 bridgehead atoms. The molecule has 1 rings (SSSR count). The largest absolute Gasteiger partial charge is 0.448 e. The zero-order chi connectivity index (χ0) is 17.9. The topological polar surface area (TPSA) is 76.2 Å². The van der Waals surface area contributed by atoms with Gasteiger partial charge >= 0.3 is 12.2 Å². The number of carbonyl (C=O) groups is 3. The van der Waals surface area contributed by atoms with Crippen LogP contribution >= 0.6 is 0 Å². The third kappa shape index (κ3) is 5.54. The summed E-state index contributed by atoms with van der Waals surface area (Å²) in [5.74, 6) is -0.608. The quantitative estimate of drug-likeness (QED) is 0.630. The molecule has 1 atom stereocenters. The highest BCUT2D eigenvalue weighted by Crippen LogP contribution is 2.21. The highest BCUT2D eigenvalue weighted by atomic mass is 16.6. The molecule has 1 aliphatic heterocycles. The van der Waals surface area contributed by atoms with Crippen molar-refractivity contribution in [2.75, 3.05) is 13.2 Å². The van der Waals surface area contributed by atoms with Gasteiger partial charge in [-0.2, -0.15) is 5.01 Å². The van der Waals surface area contributed by atoms with Crippen LogP contribution in [0.1, 0.15) is 59.3 Å². The predicted octanol–water partition coefficient (Wildman–Crippen LogP) is 3.64. The van der Waals surface area contributed by atoms with Crippen LogP contribution in [0.15, 0.2) is 12.2 Å². The number of rotatable bonds is 8. The molecule has 7 nitrogen and oxygen atoms in total. The van der Waals surface area contributed by atoms with E-state index in [1.165, 1.54) is 12.5 Å². The second kappa shape index (κ2) is 10.7. The molecule has 0 unspecified atom stereocenters. The Labute approximate surface area is 143 Å². The Morgan fingerprint density at radius 2 is 1.62 bits per heavy atom. The number of ether oxygens (including phenoxy) is 2. The average Bonchev–Trinajstić information content (AvgIpc) is 2.55. The van der Waals surface area contributed by atoms with E-state index in [1.54, 1.807) is 19.9 Å². The maximum Gasteiger partial charge on any atom is 0.436 e. The minimum atomic E-state index is -0.865. The van der Waals surface area contributed by atoms with Crippen LogP contribution in [0, 0.1) is 0 Å². The van der Waals surface area contributed by atoms with Crippen molar-refractivity contribution in [2.45, 2.75) is 65.3 Å². The average molecular weight is 340 g/mol. The maximum atomic E-state index is 12.3. The zero-order valence-electron chi connectivity index (χ0n) is 14.8. The molecule has 1 heterocycles. The highest BCUT2D eigenvalue weighted by Gasteiger charge is 2.39. The number of nitrogens with zero attached hydrogens (tertiary/aromatic N) is 2. The van der Waals surface area contributed by atoms with Crippen molar-refractivity contribution in [1.29, 1.82) is 0 Å². The fourth-order valence-electron chi connectivity index (χ4n) is 2.54. The first-order chi connectivity index (χ1) is 11.6. The first-order valence-corrected chi connectivity index (χ1v) is 8.71. The molecule has 0 N–H and O–H groups in total. The van der Waals surface area contributed by atoms with Crippen LogP contribution in [0.5, 0.6) is 0 Å². The number of unbranched alkanes of at least 4 members (excludes halogenated alkanes) is 4. The Kier molecular flexibility index (Phi) is 8.89. The van der Waals surface area contributed by atoms with Gasteiger partial charge in [-0.15, -0.1) is 5.01 Å². The van der Waals surface area contributed by atoms with Gasteiger partial charge in [-0.05, 0) is 20.3 Å². The van der Waals surface area contributed by atoms with Crippen LogP contribution < -0.4 is 0 Å². The molecule has 3 amide bonds. The second-order valence-corrected chi connectivity index (χ2v) is 5.52. The molecule has 0 radical (unpaired) electrons. The first-order valence-electron chi connectivity index (χ1n) is 8.71. The molecule has 0 aromatic carbocycles. The fourth-order valence-corrected chi connectivity index (χ4v) is 2.54. The van der Waals surface area contributed by atoms with Crippen LogP contribution in [0.3, 0.4) is 0 Å². The zero-order valence-corrected chi connectivity index (χ0v) is 14.8. The lowest BCUT2D eigenvalue weighted by Crippen LogP contribution is -2.58. The van der Waals surface area contributed by atoms with Crippen molar-refractivity contribution < 1.29 is 23.9 Å². The number of amides is 3. The Morgan fingerprint density at radius 3 is 2.25 bits per heavy atom. The Hall–Kier alpha value is -2.05. The second-order valence-electron chi connectivity index (χ2n) is 5.52. The van der Waals surface area contributed by atoms with Crippen molar-refractivity contribution in [1.82, 2.24) is 10.0 Å². The molecule has 24 heavy (non-hydrogen) atoms. The molecule has 0 aromatic heterocycles. The summed E-state index contributed by atoms with van der Waals surface area (Å²) in [6.45, 7) is 5.74. The summed E-state index contributed by atoms with van der Waals surface area (Å²) >= 11 is 0. The number of hydrogen-bond donors (Lipinski definition) is 0. The first kappa shape index (κ1) is 20.0. The molecule has 0 saturated carbocycles. The number of hydrazine groups is 1. The van der Waals surface area contributed by atoms with Crippen molar-refractivity contribution in [3.63, 3.8) is 0 Å². The highest BCUT2D eigenvalue weighted by molar-refractivity contribution is 6.00. The molecular formula is C17H28N2O5. The molecule has 0 fully saturated rings. The summed E-state index contributed by atoms with van der Waals surface area (Å²) in [5, 5.41) is 1.81. The molecule has 0 spiro atoms. The van der Waals surface area contributed by atoms with Crippen molar-refractivity contribution in [3.8, 4) is 0 Å². The molecule has 1 aliphatic rings. The van der Waals surface area contributed by atoms with Crippen LogP contribution in [0.2, 0.25) is 0 Å². The van der Waals surface area contributed by atoms with E-state index in [9.17, 15) is 14.4 Å². The van der Waals surface area contributed by atoms with Crippen molar-refractivity contribution >= 4 is 18.1 Å². The molecule has 0 aliphatic carbocycles. The van der Waals surface area contributed by atoms with Gasteiger partial charge in [0.1, 0.15) is 0 Å². The van der Waals surface area contributed by atoms with E-state index in [0.29, 0.717) is 6.42 Å². The summed E-state index contributed by atoms with van der Waals surface area (Å²) in [6, 6.07) is -0.396. The summed E-state index contributed by atoms with van der Waals surface area (Å²) in [4.78, 5) is 36.4. The van der Waals surface area contributed by atoms with Crippen LogP contribution in [0.25, 0.3) is 0 Å². The molecule has 0 aromatic rings. The summed E-state index contributed by atoms with van der Waals surface area (Å²) in [5.41, 5.74) is 0. The van der Waals surface area contributed by atoms with E-state index in [0.717, 1.165) is 35.7 Å². The third-order valence-electron chi connectivity index (χ3n) is 3.70. The molecule has 7 heteroatoms. The van der Waals surface area contributed by atoms with Gasteiger partial charge in [0, 0.05) is 6.08 Å². The number of imide groups is 1. The lowest BCUT2D eigenvalue weighted by Gasteiger charge is -2.37. The minimum Gasteiger partial charge on any atom is -0.448 e. The van der Waals surface area contributed by atoms with E-state index in [2.05, 4.69) is 6.92 Å². The van der Waals surface area contributed by atoms with Gasteiger partial charge in [-0.1, -0.05) is 45.1 Å². The van der Waals surface area contributed by atoms with Crippen LogP contribution in [-0.4, -0.2) is 47.4 Å². The predicted molar refractivity (Wildman–Crippen MR) is 89.0 cm³/mol. The van der Waals surface area contributed by atoms with Crippen molar-refractivity contribution in [3.05, 3.63) is 12.2 Å². The van der Waals surface area contributed by atoms with Crippen LogP contribution in [0.4, 0.5) is 9.59 Å². The summed E-state index contributed by atoms with van der Waals surface area (Å²) < 4.78 is 9.91. The normalized spacial score (nSPS) is 17.1. The van der Waals surface area contributed by atoms with E-state index in [4.69, 9.17) is 9.47 Å². The van der Waals surface area contributed by atoms with E-state index >= 15 is 0 Å².